The molecule has 0 saturated carbocycles. The number of rotatable bonds is 9. The molecule has 6 nitrogen and oxygen atoms in total. The lowest BCUT2D eigenvalue weighted by molar-refractivity contribution is -0.127. The number of halogens is 4. The maximum atomic E-state index is 13.3. The molecule has 5 rings (SSSR count). The van der Waals surface area contributed by atoms with E-state index < -0.39 is 12.6 Å². The second kappa shape index (κ2) is 12.8. The van der Waals surface area contributed by atoms with Gasteiger partial charge in [0.1, 0.15) is 0 Å². The lowest BCUT2D eigenvalue weighted by Crippen LogP contribution is -2.51. The number of para-hydroxylation sites is 1. The van der Waals surface area contributed by atoms with Crippen LogP contribution >= 0.6 is 11.6 Å². The number of hydrogen-bond acceptors (Lipinski definition) is 4. The summed E-state index contributed by atoms with van der Waals surface area (Å²) in [5.41, 5.74) is 2.55. The van der Waals surface area contributed by atoms with Gasteiger partial charge in [0, 0.05) is 42.4 Å². The lowest BCUT2D eigenvalue weighted by atomic mass is 9.96. The zero-order valence-electron chi connectivity index (χ0n) is 23.3. The van der Waals surface area contributed by atoms with Crippen molar-refractivity contribution in [2.75, 3.05) is 18.9 Å². The summed E-state index contributed by atoms with van der Waals surface area (Å²) in [7, 11) is 1.57. The Morgan fingerprint density at radius 1 is 0.952 bits per heavy atom. The van der Waals surface area contributed by atoms with Crippen molar-refractivity contribution >= 4 is 34.8 Å². The van der Waals surface area contributed by atoms with Gasteiger partial charge in [-0.2, -0.15) is 13.2 Å². The van der Waals surface area contributed by atoms with Gasteiger partial charge in [0.15, 0.2) is 0 Å². The molecule has 2 N–H and O–H groups in total. The van der Waals surface area contributed by atoms with Crippen LogP contribution in [0.1, 0.15) is 47.2 Å². The molecule has 2 heterocycles. The first-order valence-corrected chi connectivity index (χ1v) is 14.5. The van der Waals surface area contributed by atoms with Crippen molar-refractivity contribution in [3.8, 4) is 0 Å². The van der Waals surface area contributed by atoms with Crippen molar-refractivity contribution in [1.29, 1.82) is 0 Å². The summed E-state index contributed by atoms with van der Waals surface area (Å²) >= 11 is 6.03. The van der Waals surface area contributed by atoms with E-state index in [0.717, 1.165) is 37.3 Å². The zero-order valence-corrected chi connectivity index (χ0v) is 24.1. The normalized spacial score (nSPS) is 20.3. The number of benzene rings is 3. The van der Waals surface area contributed by atoms with Crippen LogP contribution in [0.15, 0.2) is 72.8 Å². The Hall–Kier alpha value is -3.56. The van der Waals surface area contributed by atoms with Crippen LogP contribution in [0.25, 0.3) is 0 Å². The third-order valence-electron chi connectivity index (χ3n) is 8.02. The minimum atomic E-state index is -4.32. The van der Waals surface area contributed by atoms with Crippen molar-refractivity contribution in [3.63, 3.8) is 0 Å². The fourth-order valence-electron chi connectivity index (χ4n) is 6.14. The van der Waals surface area contributed by atoms with Gasteiger partial charge in [0.25, 0.3) is 5.91 Å². The molecule has 42 heavy (non-hydrogen) atoms. The number of piperidine rings is 1. The van der Waals surface area contributed by atoms with Gasteiger partial charge < -0.3 is 15.5 Å². The van der Waals surface area contributed by atoms with Crippen LogP contribution in [0.4, 0.5) is 24.5 Å². The van der Waals surface area contributed by atoms with E-state index in [0.29, 0.717) is 29.0 Å². The van der Waals surface area contributed by atoms with Crippen LogP contribution in [0, 0.1) is 0 Å². The van der Waals surface area contributed by atoms with Crippen LogP contribution in [0.2, 0.25) is 5.02 Å². The molecule has 0 aromatic heterocycles. The van der Waals surface area contributed by atoms with E-state index in [-0.39, 0.29) is 30.0 Å². The third-order valence-corrected chi connectivity index (χ3v) is 8.28. The Kier molecular flexibility index (Phi) is 9.08. The highest BCUT2D eigenvalue weighted by Gasteiger charge is 2.41. The van der Waals surface area contributed by atoms with Gasteiger partial charge >= 0.3 is 6.18 Å². The van der Waals surface area contributed by atoms with Gasteiger partial charge in [-0.05, 0) is 73.2 Å². The fraction of sp³-hybridized carbons (Fsp3) is 0.375. The Morgan fingerprint density at radius 2 is 1.64 bits per heavy atom. The number of nitrogens with one attached hydrogen (secondary N) is 2. The van der Waals surface area contributed by atoms with E-state index >= 15 is 0 Å². The number of fused-ring (bicyclic) bond motifs is 2. The minimum absolute atomic E-state index is 0.0536. The molecule has 2 saturated heterocycles. The first-order valence-electron chi connectivity index (χ1n) is 14.1. The maximum Gasteiger partial charge on any atom is 0.393 e. The largest absolute Gasteiger partial charge is 0.393 e. The quantitative estimate of drug-likeness (QED) is 0.292. The van der Waals surface area contributed by atoms with Crippen LogP contribution in [0.5, 0.6) is 0 Å². The number of hydrogen-bond donors (Lipinski definition) is 2. The lowest BCUT2D eigenvalue weighted by Gasteiger charge is -2.39. The Morgan fingerprint density at radius 3 is 2.33 bits per heavy atom. The summed E-state index contributed by atoms with van der Waals surface area (Å²) in [4.78, 5) is 30.2. The Labute approximate surface area is 248 Å². The van der Waals surface area contributed by atoms with Gasteiger partial charge in [0.05, 0.1) is 24.2 Å². The molecular weight excluding hydrogens is 565 g/mol. The van der Waals surface area contributed by atoms with Crippen LogP contribution in [-0.2, 0) is 17.8 Å². The predicted molar refractivity (Wildman–Crippen MR) is 158 cm³/mol. The van der Waals surface area contributed by atoms with Gasteiger partial charge in [-0.15, -0.1) is 0 Å². The SMILES string of the molecule is CN(CC(=O)NC1CC2CCC(C1)N2Cc1ccc(Cl)cc1)C(=O)c1ccccc1Nc1cccc(CC(F)(F)F)c1. The summed E-state index contributed by atoms with van der Waals surface area (Å²) in [6, 6.07) is 21.6. The highest BCUT2D eigenvalue weighted by Crippen LogP contribution is 2.37. The molecule has 3 aromatic rings. The molecule has 2 unspecified atom stereocenters. The molecule has 0 spiro atoms. The molecule has 2 bridgehead atoms. The van der Waals surface area contributed by atoms with E-state index in [9.17, 15) is 22.8 Å². The average molecular weight is 599 g/mol. The highest BCUT2D eigenvalue weighted by molar-refractivity contribution is 6.30. The highest BCUT2D eigenvalue weighted by atomic mass is 35.5. The molecule has 0 radical (unpaired) electrons. The summed E-state index contributed by atoms with van der Waals surface area (Å²) in [5.74, 6) is -0.579. The topological polar surface area (TPSA) is 64.7 Å². The molecule has 2 amide bonds. The monoisotopic (exact) mass is 598 g/mol. The van der Waals surface area contributed by atoms with E-state index in [4.69, 9.17) is 11.6 Å². The van der Waals surface area contributed by atoms with Crippen LogP contribution in [0.3, 0.4) is 0 Å². The molecule has 0 aliphatic carbocycles. The average Bonchev–Trinajstić information content (AvgIpc) is 3.15. The van der Waals surface area contributed by atoms with Gasteiger partial charge in [0.2, 0.25) is 5.91 Å². The predicted octanol–water partition coefficient (Wildman–Crippen LogP) is 6.57. The maximum absolute atomic E-state index is 13.3. The van der Waals surface area contributed by atoms with E-state index in [1.807, 2.05) is 12.1 Å². The van der Waals surface area contributed by atoms with Crippen LogP contribution in [-0.4, -0.2) is 59.5 Å². The molecule has 2 aliphatic rings. The molecular formula is C32H34ClF3N4O2. The van der Waals surface area contributed by atoms with Gasteiger partial charge in [-0.1, -0.05) is 48.0 Å². The molecule has 222 valence electrons. The van der Waals surface area contributed by atoms with E-state index in [1.54, 1.807) is 43.4 Å². The van der Waals surface area contributed by atoms with Crippen molar-refractivity contribution in [2.45, 2.75) is 63.0 Å². The number of alkyl halides is 3. The number of nitrogens with zero attached hydrogens (tertiary/aromatic N) is 2. The first-order chi connectivity index (χ1) is 20.0. The summed E-state index contributed by atoms with van der Waals surface area (Å²) in [6.07, 6.45) is -1.41. The summed E-state index contributed by atoms with van der Waals surface area (Å²) in [6.45, 7) is 0.763. The van der Waals surface area contributed by atoms with Gasteiger partial charge in [-0.25, -0.2) is 0 Å². The first kappa shape index (κ1) is 29.9. The molecule has 3 aromatic carbocycles. The number of likely N-dealkylation sites (N-methyl/N-ethyl adjacent to an activating group) is 1. The third kappa shape index (κ3) is 7.63. The second-order valence-corrected chi connectivity index (χ2v) is 11.7. The van der Waals surface area contributed by atoms with Crippen molar-refractivity contribution < 1.29 is 22.8 Å². The standard InChI is InChI=1S/C32H34ClF3N4O2/c1-39(31(42)28-7-2-3-8-29(28)37-24-6-4-5-22(15-24)18-32(34,35)36)20-30(41)38-25-16-26-13-14-27(17-25)40(26)19-21-9-11-23(33)12-10-21/h2-12,15,25-27,37H,13-14,16-20H2,1H3,(H,38,41). The summed E-state index contributed by atoms with van der Waals surface area (Å²) < 4.78 is 38.6. The van der Waals surface area contributed by atoms with E-state index in [1.165, 1.54) is 22.6 Å². The van der Waals surface area contributed by atoms with E-state index in [2.05, 4.69) is 27.7 Å². The number of carbonyl (C=O) groups is 2. The smallest absolute Gasteiger partial charge is 0.355 e. The van der Waals surface area contributed by atoms with Crippen molar-refractivity contribution in [1.82, 2.24) is 15.1 Å². The Balaban J connectivity index is 1.16. The molecule has 2 aliphatic heterocycles. The van der Waals surface area contributed by atoms with Crippen LogP contribution < -0.4 is 10.6 Å². The fourth-order valence-corrected chi connectivity index (χ4v) is 6.27. The number of amides is 2. The molecule has 10 heteroatoms. The van der Waals surface area contributed by atoms with Gasteiger partial charge in [-0.3, -0.25) is 14.5 Å². The van der Waals surface area contributed by atoms with Crippen molar-refractivity contribution in [2.24, 2.45) is 0 Å². The number of anilines is 2. The zero-order chi connectivity index (χ0) is 29.9. The Bertz CT molecular complexity index is 1400. The molecule has 2 fully saturated rings. The second-order valence-electron chi connectivity index (χ2n) is 11.2. The molecule has 2 atom stereocenters. The van der Waals surface area contributed by atoms with Crippen molar-refractivity contribution in [3.05, 3.63) is 94.5 Å². The minimum Gasteiger partial charge on any atom is -0.355 e. The number of carbonyl (C=O) groups excluding carboxylic acids is 2. The summed E-state index contributed by atoms with van der Waals surface area (Å²) in [5, 5.41) is 6.93.